The molecular weight excluding hydrogens is 326 g/mol. The first-order valence-corrected chi connectivity index (χ1v) is 7.69. The van der Waals surface area contributed by atoms with Crippen LogP contribution in [0.25, 0.3) is 0 Å². The largest absolute Gasteiger partial charge is 0.486 e. The van der Waals surface area contributed by atoms with Crippen molar-refractivity contribution in [2.24, 2.45) is 0 Å². The number of hydrogen-bond acceptors (Lipinski definition) is 6. The van der Waals surface area contributed by atoms with Gasteiger partial charge in [0.25, 0.3) is 0 Å². The lowest BCUT2D eigenvalue weighted by atomic mass is 10.2. The molecule has 0 amide bonds. The van der Waals surface area contributed by atoms with Gasteiger partial charge in [-0.15, -0.1) is 0 Å². The average molecular weight is 342 g/mol. The zero-order valence-electron chi connectivity index (χ0n) is 13.0. The average Bonchev–Trinajstić information content (AvgIpc) is 2.55. The van der Waals surface area contributed by atoms with Gasteiger partial charge >= 0.3 is 0 Å². The van der Waals surface area contributed by atoms with E-state index in [4.69, 9.17) is 22.1 Å². The second-order valence-corrected chi connectivity index (χ2v) is 5.61. The minimum absolute atomic E-state index is 0.129. The minimum Gasteiger partial charge on any atom is -0.486 e. The van der Waals surface area contributed by atoms with Gasteiger partial charge in [-0.3, -0.25) is 0 Å². The molecule has 122 valence electrons. The number of hydrogen-bond donors (Lipinski definition) is 2. The summed E-state index contributed by atoms with van der Waals surface area (Å²) in [5, 5.41) is 3.70. The van der Waals surface area contributed by atoms with E-state index in [0.29, 0.717) is 22.5 Å². The van der Waals surface area contributed by atoms with E-state index >= 15 is 0 Å². The highest BCUT2D eigenvalue weighted by Crippen LogP contribution is 2.19. The van der Waals surface area contributed by atoms with Gasteiger partial charge in [0.05, 0.1) is 0 Å². The maximum Gasteiger partial charge on any atom is 0.232 e. The van der Waals surface area contributed by atoms with Crippen LogP contribution in [0, 0.1) is 6.92 Å². The first kappa shape index (κ1) is 16.0. The summed E-state index contributed by atoms with van der Waals surface area (Å²) in [6.45, 7) is 2.19. The number of halogens is 1. The quantitative estimate of drug-likeness (QED) is 0.735. The molecule has 0 radical (unpaired) electrons. The monoisotopic (exact) mass is 341 g/mol. The van der Waals surface area contributed by atoms with Gasteiger partial charge in [0.15, 0.2) is 5.82 Å². The summed E-state index contributed by atoms with van der Waals surface area (Å²) < 4.78 is 5.63. The van der Waals surface area contributed by atoms with Gasteiger partial charge in [-0.25, -0.2) is 0 Å². The smallest absolute Gasteiger partial charge is 0.232 e. The second kappa shape index (κ2) is 7.14. The highest BCUT2D eigenvalue weighted by atomic mass is 35.5. The maximum atomic E-state index is 5.93. The summed E-state index contributed by atoms with van der Waals surface area (Å²) >= 11 is 5.93. The molecule has 1 aromatic heterocycles. The number of nitrogens with one attached hydrogen (secondary N) is 1. The van der Waals surface area contributed by atoms with Gasteiger partial charge in [-0.05, 0) is 37.3 Å². The molecule has 0 fully saturated rings. The van der Waals surface area contributed by atoms with Crippen LogP contribution in [0.2, 0.25) is 5.02 Å². The predicted octanol–water partition coefficient (Wildman–Crippen LogP) is 3.74. The van der Waals surface area contributed by atoms with Crippen LogP contribution < -0.4 is 15.8 Å². The van der Waals surface area contributed by atoms with E-state index in [-0.39, 0.29) is 12.6 Å². The highest BCUT2D eigenvalue weighted by Gasteiger charge is 2.06. The topological polar surface area (TPSA) is 86.0 Å². The molecule has 3 rings (SSSR count). The van der Waals surface area contributed by atoms with Crippen LogP contribution in [0.3, 0.4) is 0 Å². The fraction of sp³-hybridized carbons (Fsp3) is 0.118. The Morgan fingerprint density at radius 2 is 1.88 bits per heavy atom. The van der Waals surface area contributed by atoms with Crippen molar-refractivity contribution in [2.45, 2.75) is 13.5 Å². The summed E-state index contributed by atoms with van der Waals surface area (Å²) in [4.78, 5) is 12.5. The molecular formula is C17H16ClN5O. The molecule has 0 spiro atoms. The number of ether oxygens (including phenoxy) is 1. The third-order valence-corrected chi connectivity index (χ3v) is 3.41. The Morgan fingerprint density at radius 3 is 2.62 bits per heavy atom. The summed E-state index contributed by atoms with van der Waals surface area (Å²) in [6, 6.07) is 15.0. The Hall–Kier alpha value is -2.86. The van der Waals surface area contributed by atoms with E-state index in [1.54, 1.807) is 12.1 Å². The number of aromatic nitrogens is 3. The summed E-state index contributed by atoms with van der Waals surface area (Å²) in [7, 11) is 0. The molecule has 3 N–H and O–H groups in total. The summed E-state index contributed by atoms with van der Waals surface area (Å²) in [5.41, 5.74) is 7.79. The maximum absolute atomic E-state index is 5.93. The van der Waals surface area contributed by atoms with Crippen molar-refractivity contribution in [3.05, 3.63) is 64.9 Å². The van der Waals surface area contributed by atoms with Gasteiger partial charge in [-0.1, -0.05) is 35.4 Å². The molecule has 6 nitrogen and oxygen atoms in total. The molecule has 0 aliphatic carbocycles. The summed E-state index contributed by atoms with van der Waals surface area (Å²) in [5.74, 6) is 1.56. The zero-order chi connectivity index (χ0) is 16.9. The van der Waals surface area contributed by atoms with Crippen molar-refractivity contribution >= 4 is 29.2 Å². The molecule has 0 aliphatic rings. The Labute approximate surface area is 144 Å². The standard InChI is InChI=1S/C17H16ClN5O/c1-11-5-7-13(8-6-11)20-17-22-15(21-16(19)23-17)10-24-14-4-2-3-12(18)9-14/h2-9H,10H2,1H3,(H3,19,20,21,22,23). The Bertz CT molecular complexity index is 839. The molecule has 0 saturated heterocycles. The van der Waals surface area contributed by atoms with Crippen molar-refractivity contribution in [3.63, 3.8) is 0 Å². The molecule has 0 bridgehead atoms. The third kappa shape index (κ3) is 4.33. The molecule has 0 atom stereocenters. The van der Waals surface area contributed by atoms with Gasteiger partial charge < -0.3 is 15.8 Å². The second-order valence-electron chi connectivity index (χ2n) is 5.17. The number of aryl methyl sites for hydroxylation is 1. The molecule has 0 aliphatic heterocycles. The van der Waals surface area contributed by atoms with Gasteiger partial charge in [0.2, 0.25) is 11.9 Å². The number of rotatable bonds is 5. The van der Waals surface area contributed by atoms with E-state index < -0.39 is 0 Å². The number of anilines is 3. The van der Waals surface area contributed by atoms with E-state index in [9.17, 15) is 0 Å². The number of nitrogen functional groups attached to an aromatic ring is 1. The fourth-order valence-electron chi connectivity index (χ4n) is 2.03. The van der Waals surface area contributed by atoms with Crippen LogP contribution in [0.5, 0.6) is 5.75 Å². The lowest BCUT2D eigenvalue weighted by Crippen LogP contribution is -2.09. The van der Waals surface area contributed by atoms with Crippen LogP contribution in [0.15, 0.2) is 48.5 Å². The Balaban J connectivity index is 1.72. The minimum atomic E-state index is 0.129. The van der Waals surface area contributed by atoms with Crippen molar-refractivity contribution in [1.29, 1.82) is 0 Å². The lowest BCUT2D eigenvalue weighted by Gasteiger charge is -2.09. The zero-order valence-corrected chi connectivity index (χ0v) is 13.8. The predicted molar refractivity (Wildman–Crippen MR) is 94.5 cm³/mol. The van der Waals surface area contributed by atoms with Gasteiger partial charge in [-0.2, -0.15) is 15.0 Å². The highest BCUT2D eigenvalue weighted by molar-refractivity contribution is 6.30. The van der Waals surface area contributed by atoms with Gasteiger partial charge in [0.1, 0.15) is 12.4 Å². The first-order valence-electron chi connectivity index (χ1n) is 7.31. The van der Waals surface area contributed by atoms with Crippen LogP contribution in [-0.2, 0) is 6.61 Å². The summed E-state index contributed by atoms with van der Waals surface area (Å²) in [6.07, 6.45) is 0. The fourth-order valence-corrected chi connectivity index (χ4v) is 2.21. The van der Waals surface area contributed by atoms with Crippen molar-refractivity contribution in [3.8, 4) is 5.75 Å². The van der Waals surface area contributed by atoms with Crippen LogP contribution in [0.1, 0.15) is 11.4 Å². The first-order chi connectivity index (χ1) is 11.6. The van der Waals surface area contributed by atoms with E-state index in [2.05, 4.69) is 20.3 Å². The number of nitrogens with two attached hydrogens (primary N) is 1. The Kier molecular flexibility index (Phi) is 4.77. The number of benzene rings is 2. The van der Waals surface area contributed by atoms with Crippen LogP contribution in [-0.4, -0.2) is 15.0 Å². The van der Waals surface area contributed by atoms with Crippen molar-refractivity contribution < 1.29 is 4.74 Å². The molecule has 0 saturated carbocycles. The molecule has 3 aromatic rings. The molecule has 1 heterocycles. The third-order valence-electron chi connectivity index (χ3n) is 3.17. The number of nitrogens with zero attached hydrogens (tertiary/aromatic N) is 3. The normalized spacial score (nSPS) is 10.4. The van der Waals surface area contributed by atoms with E-state index in [0.717, 1.165) is 5.69 Å². The van der Waals surface area contributed by atoms with Crippen molar-refractivity contribution in [2.75, 3.05) is 11.1 Å². The molecule has 24 heavy (non-hydrogen) atoms. The Morgan fingerprint density at radius 1 is 1.08 bits per heavy atom. The molecule has 7 heteroatoms. The van der Waals surface area contributed by atoms with E-state index in [1.807, 2.05) is 43.3 Å². The molecule has 0 unspecified atom stereocenters. The SMILES string of the molecule is Cc1ccc(Nc2nc(N)nc(COc3cccc(Cl)c3)n2)cc1. The van der Waals surface area contributed by atoms with E-state index in [1.165, 1.54) is 5.56 Å². The van der Waals surface area contributed by atoms with Crippen molar-refractivity contribution in [1.82, 2.24) is 15.0 Å². The molecule has 2 aromatic carbocycles. The van der Waals surface area contributed by atoms with Crippen LogP contribution in [0.4, 0.5) is 17.6 Å². The van der Waals surface area contributed by atoms with Gasteiger partial charge in [0, 0.05) is 10.7 Å². The van der Waals surface area contributed by atoms with Crippen LogP contribution >= 0.6 is 11.6 Å². The lowest BCUT2D eigenvalue weighted by molar-refractivity contribution is 0.296.